The van der Waals surface area contributed by atoms with Gasteiger partial charge < -0.3 is 18.9 Å². The molecule has 1 unspecified atom stereocenters. The monoisotopic (exact) mass is 974 g/mol. The third kappa shape index (κ3) is 32.3. The summed E-state index contributed by atoms with van der Waals surface area (Å²) in [5, 5.41) is 0. The fourth-order valence-corrected chi connectivity index (χ4v) is 9.78. The highest BCUT2D eigenvalue weighted by Gasteiger charge is 2.39. The summed E-state index contributed by atoms with van der Waals surface area (Å²) in [6, 6.07) is -0.453. The van der Waals surface area contributed by atoms with Gasteiger partial charge in [0.15, 0.2) is 0 Å². The number of rotatable bonds is 47. The van der Waals surface area contributed by atoms with Crippen LogP contribution in [0.5, 0.6) is 0 Å². The van der Waals surface area contributed by atoms with Crippen molar-refractivity contribution in [3.63, 3.8) is 0 Å². The summed E-state index contributed by atoms with van der Waals surface area (Å²) >= 11 is 0. The van der Waals surface area contributed by atoms with Crippen molar-refractivity contribution in [2.75, 3.05) is 19.7 Å². The van der Waals surface area contributed by atoms with E-state index in [1.54, 1.807) is 0 Å². The molecule has 0 N–H and O–H groups in total. The van der Waals surface area contributed by atoms with Crippen molar-refractivity contribution < 1.29 is 38.1 Å². The predicted molar refractivity (Wildman–Crippen MR) is 287 cm³/mol. The van der Waals surface area contributed by atoms with Gasteiger partial charge in [-0.25, -0.2) is 4.79 Å². The molecule has 0 spiro atoms. The minimum absolute atomic E-state index is 0.0210. The summed E-state index contributed by atoms with van der Waals surface area (Å²) in [4.78, 5) is 54.6. The van der Waals surface area contributed by atoms with E-state index in [2.05, 4.69) is 39.2 Å². The maximum Gasteiger partial charge on any atom is 0.330 e. The van der Waals surface area contributed by atoms with Crippen LogP contribution in [0.15, 0.2) is 12.7 Å². The third-order valence-electron chi connectivity index (χ3n) is 14.7. The lowest BCUT2D eigenvalue weighted by Gasteiger charge is -2.27. The van der Waals surface area contributed by atoms with Crippen LogP contribution in [0.4, 0.5) is 0 Å². The van der Waals surface area contributed by atoms with Crippen molar-refractivity contribution in [2.45, 2.75) is 317 Å². The van der Waals surface area contributed by atoms with E-state index >= 15 is 0 Å². The molecule has 0 saturated carbocycles. The van der Waals surface area contributed by atoms with Crippen LogP contribution in [-0.2, 0) is 38.1 Å². The van der Waals surface area contributed by atoms with E-state index in [9.17, 15) is 19.2 Å². The summed E-state index contributed by atoms with van der Waals surface area (Å²) < 4.78 is 23.9. The van der Waals surface area contributed by atoms with Crippen molar-refractivity contribution in [1.82, 2.24) is 4.90 Å². The van der Waals surface area contributed by atoms with Gasteiger partial charge in [0.1, 0.15) is 24.4 Å². The average Bonchev–Trinajstić information content (AvgIpc) is 3.73. The van der Waals surface area contributed by atoms with E-state index in [-0.39, 0.29) is 36.2 Å². The molecular weight excluding hydrogens is 863 g/mol. The van der Waals surface area contributed by atoms with Gasteiger partial charge in [-0.3, -0.25) is 19.3 Å². The molecule has 0 amide bonds. The number of ether oxygens (including phenoxy) is 4. The second-order valence-corrected chi connectivity index (χ2v) is 22.3. The standard InChI is InChI=1S/C60H111NO8/c1-10-15-19-23-26-34-42-51(41-33-22-18-13-4)68-57(64)59(6,7)45-37-29-31-39-47-61-50-53(67-55(62)14-5)49-54(61)56(63)66-48-40-32-30-38-46-60(8,9)58(65)69-52(43-35-27-24-20-16-11-2)44-36-28-25-21-17-12-3/h14,51-54H,5,10-13,15-50H2,1-4,6-9H3/t51?,53-,54-/m0/s1. The van der Waals surface area contributed by atoms with E-state index in [4.69, 9.17) is 18.9 Å². The molecule has 3 atom stereocenters. The Morgan fingerprint density at radius 1 is 0.522 bits per heavy atom. The van der Waals surface area contributed by atoms with Crippen LogP contribution in [-0.4, -0.2) is 72.8 Å². The van der Waals surface area contributed by atoms with Crippen molar-refractivity contribution in [2.24, 2.45) is 10.8 Å². The maximum atomic E-state index is 13.5. The minimum Gasteiger partial charge on any atom is -0.465 e. The number of likely N-dealkylation sites (tertiary alicyclic amines) is 1. The number of carbonyl (C=O) groups is 4. The molecule has 1 aliphatic heterocycles. The van der Waals surface area contributed by atoms with Crippen molar-refractivity contribution in [3.8, 4) is 0 Å². The van der Waals surface area contributed by atoms with Crippen molar-refractivity contribution in [1.29, 1.82) is 0 Å². The topological polar surface area (TPSA) is 108 Å². The zero-order valence-corrected chi connectivity index (χ0v) is 46.6. The zero-order chi connectivity index (χ0) is 51.0. The van der Waals surface area contributed by atoms with E-state index in [0.717, 1.165) is 116 Å². The maximum absolute atomic E-state index is 13.5. The Morgan fingerprint density at radius 3 is 1.30 bits per heavy atom. The molecule has 0 aromatic rings. The molecule has 1 rings (SSSR count). The van der Waals surface area contributed by atoms with Gasteiger partial charge in [0, 0.05) is 19.0 Å². The minimum atomic E-state index is -0.529. The largest absolute Gasteiger partial charge is 0.465 e. The Bertz CT molecular complexity index is 1300. The Labute approximate surface area is 425 Å². The summed E-state index contributed by atoms with van der Waals surface area (Å²) in [6.07, 6.45) is 41.2. The van der Waals surface area contributed by atoms with Gasteiger partial charge in [0.05, 0.1) is 17.4 Å². The van der Waals surface area contributed by atoms with Crippen LogP contribution >= 0.6 is 0 Å². The molecule has 1 fully saturated rings. The molecular formula is C60H111NO8. The van der Waals surface area contributed by atoms with Crippen LogP contribution in [0, 0.1) is 10.8 Å². The molecule has 1 aliphatic rings. The number of hydrogen-bond donors (Lipinski definition) is 0. The number of esters is 4. The fraction of sp³-hybridized carbons (Fsp3) is 0.900. The summed E-state index contributed by atoms with van der Waals surface area (Å²) in [6.45, 7) is 22.2. The first-order valence-corrected chi connectivity index (χ1v) is 29.4. The van der Waals surface area contributed by atoms with Gasteiger partial charge in [-0.05, 0) is 111 Å². The lowest BCUT2D eigenvalue weighted by Crippen LogP contribution is -2.38. The van der Waals surface area contributed by atoms with Gasteiger partial charge >= 0.3 is 23.9 Å². The van der Waals surface area contributed by atoms with Crippen molar-refractivity contribution in [3.05, 3.63) is 12.7 Å². The number of nitrogens with zero attached hydrogens (tertiary/aromatic N) is 1. The van der Waals surface area contributed by atoms with E-state index in [1.165, 1.54) is 122 Å². The predicted octanol–water partition coefficient (Wildman–Crippen LogP) is 16.7. The average molecular weight is 975 g/mol. The molecule has 0 aromatic carbocycles. The normalized spacial score (nSPS) is 15.9. The molecule has 1 heterocycles. The van der Waals surface area contributed by atoms with E-state index in [0.29, 0.717) is 26.1 Å². The van der Waals surface area contributed by atoms with Crippen LogP contribution in [0.25, 0.3) is 0 Å². The van der Waals surface area contributed by atoms with Crippen molar-refractivity contribution >= 4 is 23.9 Å². The summed E-state index contributed by atoms with van der Waals surface area (Å²) in [5.74, 6) is -0.853. The molecule has 9 heteroatoms. The lowest BCUT2D eigenvalue weighted by atomic mass is 9.86. The van der Waals surface area contributed by atoms with Gasteiger partial charge in [-0.1, -0.05) is 188 Å². The Balaban J connectivity index is 2.55. The third-order valence-corrected chi connectivity index (χ3v) is 14.7. The Morgan fingerprint density at radius 2 is 0.884 bits per heavy atom. The van der Waals surface area contributed by atoms with Gasteiger partial charge in [-0.15, -0.1) is 0 Å². The molecule has 9 nitrogen and oxygen atoms in total. The SMILES string of the molecule is C=CC(=O)O[C@H]1C[C@@H](C(=O)OCCCCCCC(C)(C)C(=O)OC(CCCCCCCC)CCCCCCCC)N(CCCCCCC(C)(C)C(=O)OC(CCCCCC)CCCCCCCC)C1. The highest BCUT2D eigenvalue weighted by atomic mass is 16.6. The quantitative estimate of drug-likeness (QED) is 0.0255. The number of carbonyl (C=O) groups excluding carboxylic acids is 4. The summed E-state index contributed by atoms with van der Waals surface area (Å²) in [5.41, 5.74) is -1.05. The first kappa shape index (κ1) is 64.6. The Hall–Kier alpha value is -2.42. The highest BCUT2D eigenvalue weighted by Crippen LogP contribution is 2.31. The Kier molecular flexibility index (Phi) is 38.5. The van der Waals surface area contributed by atoms with Crippen LogP contribution < -0.4 is 0 Å². The highest BCUT2D eigenvalue weighted by molar-refractivity contribution is 5.81. The van der Waals surface area contributed by atoms with Gasteiger partial charge in [0.25, 0.3) is 0 Å². The molecule has 0 aliphatic carbocycles. The molecule has 69 heavy (non-hydrogen) atoms. The van der Waals surface area contributed by atoms with Crippen LogP contribution in [0.3, 0.4) is 0 Å². The smallest absolute Gasteiger partial charge is 0.330 e. The van der Waals surface area contributed by atoms with E-state index < -0.39 is 22.8 Å². The van der Waals surface area contributed by atoms with E-state index in [1.807, 2.05) is 27.7 Å². The van der Waals surface area contributed by atoms with Gasteiger partial charge in [0.2, 0.25) is 0 Å². The molecule has 1 saturated heterocycles. The first-order chi connectivity index (χ1) is 33.2. The van der Waals surface area contributed by atoms with Crippen LogP contribution in [0.2, 0.25) is 0 Å². The molecule has 0 radical (unpaired) electrons. The number of hydrogen-bond acceptors (Lipinski definition) is 9. The molecule has 0 aromatic heterocycles. The molecule has 0 bridgehead atoms. The second kappa shape index (κ2) is 41.1. The fourth-order valence-electron chi connectivity index (χ4n) is 9.78. The zero-order valence-electron chi connectivity index (χ0n) is 46.6. The lowest BCUT2D eigenvalue weighted by molar-refractivity contribution is -0.161. The second-order valence-electron chi connectivity index (χ2n) is 22.3. The van der Waals surface area contributed by atoms with Crippen LogP contribution in [0.1, 0.15) is 293 Å². The summed E-state index contributed by atoms with van der Waals surface area (Å²) in [7, 11) is 0. The number of unbranched alkanes of at least 4 members (excludes halogenated alkanes) is 24. The molecule has 404 valence electrons. The first-order valence-electron chi connectivity index (χ1n) is 29.4. The van der Waals surface area contributed by atoms with Gasteiger partial charge in [-0.2, -0.15) is 0 Å².